The zero-order chi connectivity index (χ0) is 52.6. The van der Waals surface area contributed by atoms with Crippen LogP contribution in [0.2, 0.25) is 0 Å². The molecule has 0 spiro atoms. The molecule has 24 nitrogen and oxygen atoms in total. The number of carbonyl (C=O) groups excluding carboxylic acids is 9. The van der Waals surface area contributed by atoms with Gasteiger partial charge in [-0.3, -0.25) is 43.2 Å². The van der Waals surface area contributed by atoms with Crippen molar-refractivity contribution in [2.75, 3.05) is 6.54 Å². The number of carboxylic acids is 1. The smallest absolute Gasteiger partial charge is 0.328 e. The van der Waals surface area contributed by atoms with Gasteiger partial charge in [0.2, 0.25) is 53.2 Å². The van der Waals surface area contributed by atoms with Crippen LogP contribution in [0.25, 0.3) is 0 Å². The molecule has 0 saturated carbocycles. The second kappa shape index (κ2) is 27.0. The molecule has 0 aromatic heterocycles. The van der Waals surface area contributed by atoms with Crippen LogP contribution in [0, 0.1) is 17.8 Å². The van der Waals surface area contributed by atoms with Gasteiger partial charge in [0.25, 0.3) is 0 Å². The first-order valence-corrected chi connectivity index (χ1v) is 22.9. The Hall–Kier alpha value is -6.40. The highest BCUT2D eigenvalue weighted by Crippen LogP contribution is 2.21. The Kier molecular flexibility index (Phi) is 22.9. The molecule has 0 bridgehead atoms. The maximum Gasteiger partial charge on any atom is 0.328 e. The largest absolute Gasteiger partial charge is 0.508 e. The molecular formula is C45H72N10O14. The van der Waals surface area contributed by atoms with Crippen molar-refractivity contribution in [2.24, 2.45) is 29.2 Å². The normalized spacial score (nSPS) is 18.3. The van der Waals surface area contributed by atoms with Gasteiger partial charge in [0.1, 0.15) is 48.0 Å². The zero-order valence-electron chi connectivity index (χ0n) is 40.6. The minimum atomic E-state index is -1.77. The number of amides is 9. The average molecular weight is 977 g/mol. The molecule has 1 aromatic carbocycles. The van der Waals surface area contributed by atoms with Gasteiger partial charge in [0, 0.05) is 6.54 Å². The van der Waals surface area contributed by atoms with E-state index in [1.807, 2.05) is 0 Å². The van der Waals surface area contributed by atoms with Crippen molar-refractivity contribution < 1.29 is 68.4 Å². The van der Waals surface area contributed by atoms with Crippen molar-refractivity contribution >= 4 is 59.1 Å². The minimum Gasteiger partial charge on any atom is -0.508 e. The number of phenols is 1. The highest BCUT2D eigenvalue weighted by molar-refractivity contribution is 5.99. The quantitative estimate of drug-likeness (QED) is 0.0434. The number of nitrogens with zero attached hydrogens (tertiary/aromatic N) is 1. The highest BCUT2D eigenvalue weighted by atomic mass is 16.4. The van der Waals surface area contributed by atoms with E-state index >= 15 is 0 Å². The van der Waals surface area contributed by atoms with E-state index in [9.17, 15) is 68.4 Å². The predicted molar refractivity (Wildman–Crippen MR) is 248 cm³/mol. The van der Waals surface area contributed by atoms with E-state index in [2.05, 4.69) is 37.2 Å². The van der Waals surface area contributed by atoms with E-state index < -0.39 is 150 Å². The van der Waals surface area contributed by atoms with Gasteiger partial charge in [-0.2, -0.15) is 0 Å². The van der Waals surface area contributed by atoms with Gasteiger partial charge in [0.15, 0.2) is 6.04 Å². The summed E-state index contributed by atoms with van der Waals surface area (Å²) in [7, 11) is 0. The molecule has 15 N–H and O–H groups in total. The molecular weight excluding hydrogens is 905 g/mol. The van der Waals surface area contributed by atoms with Crippen LogP contribution in [0.5, 0.6) is 5.75 Å². The second-order valence-corrected chi connectivity index (χ2v) is 18.3. The van der Waals surface area contributed by atoms with Crippen molar-refractivity contribution in [3.63, 3.8) is 0 Å². The number of nitrogens with one attached hydrogen (secondary N) is 7. The van der Waals surface area contributed by atoms with Gasteiger partial charge in [-0.25, -0.2) is 4.79 Å². The van der Waals surface area contributed by atoms with Crippen molar-refractivity contribution in [1.29, 1.82) is 0 Å². The number of phenolic OH excluding ortho intramolecular Hbond substituents is 1. The molecule has 386 valence electrons. The summed E-state index contributed by atoms with van der Waals surface area (Å²) in [6.45, 7) is 13.5. The van der Waals surface area contributed by atoms with E-state index in [0.717, 1.165) is 6.92 Å². The topological polar surface area (TPSA) is 391 Å². The number of aliphatic hydroxyl groups excluding tert-OH is 2. The Morgan fingerprint density at radius 1 is 0.652 bits per heavy atom. The number of nitrogens with two attached hydrogens (primary N) is 2. The molecule has 24 heteroatoms. The predicted octanol–water partition coefficient (Wildman–Crippen LogP) is -3.25. The van der Waals surface area contributed by atoms with Crippen LogP contribution in [-0.4, -0.2) is 158 Å². The van der Waals surface area contributed by atoms with Crippen molar-refractivity contribution in [1.82, 2.24) is 42.1 Å². The fraction of sp³-hybridized carbons (Fsp3) is 0.644. The fourth-order valence-electron chi connectivity index (χ4n) is 7.36. The summed E-state index contributed by atoms with van der Waals surface area (Å²) in [5.41, 5.74) is 12.3. The Morgan fingerprint density at radius 2 is 1.13 bits per heavy atom. The summed E-state index contributed by atoms with van der Waals surface area (Å²) < 4.78 is 0. The number of primary amides is 1. The lowest BCUT2D eigenvalue weighted by Gasteiger charge is -2.31. The Balaban J connectivity index is 2.18. The third-order valence-electron chi connectivity index (χ3n) is 11.7. The highest BCUT2D eigenvalue weighted by Gasteiger charge is 2.40. The fourth-order valence-corrected chi connectivity index (χ4v) is 7.36. The maximum atomic E-state index is 13.7. The number of aliphatic carboxylic acids is 1. The van der Waals surface area contributed by atoms with Crippen LogP contribution in [0.1, 0.15) is 93.6 Å². The average Bonchev–Trinajstić information content (AvgIpc) is 3.76. The number of rotatable bonds is 26. The summed E-state index contributed by atoms with van der Waals surface area (Å²) in [5, 5.41) is 56.4. The molecule has 0 unspecified atom stereocenters. The van der Waals surface area contributed by atoms with Crippen molar-refractivity contribution in [2.45, 2.75) is 161 Å². The number of benzene rings is 1. The standard InChI is InChI=1S/C45H72N10O14/c1-10-22(6)34(42(65)54-36(25(9)57)45(68)69)52-40(63)32(20(2)3)50-37(60)23(7)48-38(61)29(19-31(47)59)49-43(66)35(24(8)56)53-41(64)33(21(4)5)51-39(62)30-12-11-17-55(30)44(67)28(46)18-26-13-15-27(58)16-14-26/h13-16,20-25,28-30,32-36,56-58H,10-12,17-19,46H2,1-9H3,(H2,47,59)(H,48,61)(H,49,66)(H,50,60)(H,51,62)(H,52,63)(H,53,64)(H,54,65)(H,68,69)/t22-,23-,24+,25+,28-,29-,30-,32-,33-,34-,35-,36-/m0/s1. The Bertz CT molecular complexity index is 2000. The van der Waals surface area contributed by atoms with Gasteiger partial charge in [0.05, 0.1) is 24.7 Å². The van der Waals surface area contributed by atoms with Crippen LogP contribution in [-0.2, 0) is 54.4 Å². The molecule has 0 radical (unpaired) electrons. The molecule has 69 heavy (non-hydrogen) atoms. The molecule has 1 fully saturated rings. The summed E-state index contributed by atoms with van der Waals surface area (Å²) in [6, 6.07) is -6.34. The summed E-state index contributed by atoms with van der Waals surface area (Å²) in [4.78, 5) is 133. The first-order chi connectivity index (χ1) is 32.1. The number of aliphatic hydroxyl groups is 2. The first-order valence-electron chi connectivity index (χ1n) is 22.9. The van der Waals surface area contributed by atoms with Gasteiger partial charge in [-0.1, -0.05) is 60.1 Å². The molecule has 2 rings (SSSR count). The first kappa shape index (κ1) is 58.7. The number of hydrogen-bond acceptors (Lipinski definition) is 14. The van der Waals surface area contributed by atoms with E-state index in [1.165, 1.54) is 30.9 Å². The van der Waals surface area contributed by atoms with Crippen LogP contribution in [0.15, 0.2) is 24.3 Å². The van der Waals surface area contributed by atoms with Crippen molar-refractivity contribution in [3.05, 3.63) is 29.8 Å². The molecule has 9 amide bonds. The minimum absolute atomic E-state index is 0.0434. The Labute approximate surface area is 401 Å². The molecule has 12 atom stereocenters. The number of aromatic hydroxyl groups is 1. The van der Waals surface area contributed by atoms with E-state index in [-0.39, 0.29) is 25.1 Å². The van der Waals surface area contributed by atoms with Crippen LogP contribution >= 0.6 is 0 Å². The Morgan fingerprint density at radius 3 is 1.62 bits per heavy atom. The molecule has 1 heterocycles. The molecule has 1 saturated heterocycles. The molecule has 0 aliphatic carbocycles. The monoisotopic (exact) mass is 977 g/mol. The van der Waals surface area contributed by atoms with E-state index in [4.69, 9.17) is 11.5 Å². The third-order valence-corrected chi connectivity index (χ3v) is 11.7. The number of hydrogen-bond donors (Lipinski definition) is 13. The number of likely N-dealkylation sites (tertiary alicyclic amines) is 1. The maximum absolute atomic E-state index is 13.7. The second-order valence-electron chi connectivity index (χ2n) is 18.3. The molecule has 1 aromatic rings. The summed E-state index contributed by atoms with van der Waals surface area (Å²) in [6.07, 6.45) is -2.64. The SMILES string of the molecule is CC[C@H](C)[C@H](NC(=O)[C@@H](NC(=O)[C@H](C)NC(=O)[C@H](CC(N)=O)NC(=O)[C@@H](NC(=O)[C@@H](NC(=O)[C@@H]1CCCN1C(=O)[C@@H](N)Cc1ccc(O)cc1)C(C)C)[C@@H](C)O)C(C)C)C(=O)N[C@H](C(=O)O)[C@@H](C)O. The number of carboxylic acid groups (broad SMARTS) is 1. The lowest BCUT2D eigenvalue weighted by Crippen LogP contribution is -2.62. The third kappa shape index (κ3) is 17.6. The van der Waals surface area contributed by atoms with Gasteiger partial charge >= 0.3 is 5.97 Å². The van der Waals surface area contributed by atoms with E-state index in [1.54, 1.807) is 53.7 Å². The van der Waals surface area contributed by atoms with Crippen LogP contribution in [0.4, 0.5) is 0 Å². The summed E-state index contributed by atoms with van der Waals surface area (Å²) >= 11 is 0. The van der Waals surface area contributed by atoms with E-state index in [0.29, 0.717) is 18.4 Å². The lowest BCUT2D eigenvalue weighted by molar-refractivity contribution is -0.145. The summed E-state index contributed by atoms with van der Waals surface area (Å²) in [5.74, 6) is -11.2. The van der Waals surface area contributed by atoms with Crippen LogP contribution in [0.3, 0.4) is 0 Å². The lowest BCUT2D eigenvalue weighted by atomic mass is 9.96. The van der Waals surface area contributed by atoms with Crippen molar-refractivity contribution in [3.8, 4) is 5.75 Å². The number of carbonyl (C=O) groups is 10. The van der Waals surface area contributed by atoms with Gasteiger partial charge in [-0.05, 0) is 75.5 Å². The van der Waals surface area contributed by atoms with Gasteiger partial charge in [-0.15, -0.1) is 0 Å². The molecule has 1 aliphatic heterocycles. The molecule has 1 aliphatic rings. The zero-order valence-corrected chi connectivity index (χ0v) is 40.6. The van der Waals surface area contributed by atoms with Gasteiger partial charge < -0.3 is 74.0 Å². The van der Waals surface area contributed by atoms with Crippen LogP contribution < -0.4 is 48.7 Å².